The topological polar surface area (TPSA) is 35.0 Å². The number of methoxy groups -OCH3 is 1. The van der Waals surface area contributed by atoms with Gasteiger partial charge in [-0.05, 0) is 24.3 Å². The maximum absolute atomic E-state index is 5.15. The van der Waals surface area contributed by atoms with Crippen LogP contribution in [-0.2, 0) is 0 Å². The van der Waals surface area contributed by atoms with E-state index in [2.05, 4.69) is 48.1 Å². The first kappa shape index (κ1) is 16.5. The number of benzene rings is 1. The molecular weight excluding hydrogens is 272 g/mol. The van der Waals surface area contributed by atoms with Crippen LogP contribution in [0.3, 0.4) is 0 Å². The van der Waals surface area contributed by atoms with E-state index < -0.39 is 0 Å². The lowest BCUT2D eigenvalue weighted by Gasteiger charge is -2.19. The molecule has 0 aliphatic carbocycles. The third-order valence-corrected chi connectivity index (χ3v) is 4.05. The maximum atomic E-state index is 5.15. The van der Waals surface area contributed by atoms with Crippen LogP contribution in [-0.4, -0.2) is 17.1 Å². The van der Waals surface area contributed by atoms with Crippen molar-refractivity contribution < 1.29 is 4.74 Å². The van der Waals surface area contributed by atoms with Gasteiger partial charge < -0.3 is 4.74 Å². The van der Waals surface area contributed by atoms with Crippen LogP contribution in [0.2, 0.25) is 0 Å². The number of ether oxygens (including phenoxy) is 1. The highest BCUT2D eigenvalue weighted by Gasteiger charge is 2.16. The molecule has 1 unspecified atom stereocenters. The minimum atomic E-state index is 0.590. The van der Waals surface area contributed by atoms with Gasteiger partial charge in [-0.1, -0.05) is 57.4 Å². The number of rotatable bonds is 8. The molecule has 1 heterocycles. The van der Waals surface area contributed by atoms with Crippen LogP contribution in [0.5, 0.6) is 5.75 Å². The Hall–Kier alpha value is -1.90. The van der Waals surface area contributed by atoms with Crippen LogP contribution in [0, 0.1) is 0 Å². The van der Waals surface area contributed by atoms with E-state index in [0.29, 0.717) is 11.7 Å². The smallest absolute Gasteiger partial charge is 0.159 e. The Balaban J connectivity index is 2.34. The molecule has 0 aliphatic heterocycles. The van der Waals surface area contributed by atoms with Crippen LogP contribution in [0.4, 0.5) is 0 Å². The summed E-state index contributed by atoms with van der Waals surface area (Å²) in [5.41, 5.74) is 2.53. The van der Waals surface area contributed by atoms with Gasteiger partial charge in [-0.25, -0.2) is 9.97 Å². The predicted octanol–water partition coefficient (Wildman–Crippen LogP) is 5.23. The van der Waals surface area contributed by atoms with Crippen molar-refractivity contribution in [1.82, 2.24) is 9.97 Å². The van der Waals surface area contributed by atoms with Crippen molar-refractivity contribution in [1.29, 1.82) is 0 Å². The molecule has 0 N–H and O–H groups in total. The Bertz CT molecular complexity index is 566. The number of aromatic nitrogens is 2. The van der Waals surface area contributed by atoms with E-state index in [1.54, 1.807) is 19.5 Å². The molecule has 2 rings (SSSR count). The second-order valence-electron chi connectivity index (χ2n) is 5.66. The number of hydrogen-bond acceptors (Lipinski definition) is 3. The average Bonchev–Trinajstić information content (AvgIpc) is 2.59. The molecule has 0 fully saturated rings. The highest BCUT2D eigenvalue weighted by Crippen LogP contribution is 2.33. The molecule has 0 saturated carbocycles. The van der Waals surface area contributed by atoms with Crippen LogP contribution >= 0.6 is 0 Å². The highest BCUT2D eigenvalue weighted by atomic mass is 16.5. The molecule has 0 saturated heterocycles. The molecule has 1 aromatic heterocycles. The Labute approximate surface area is 133 Å². The monoisotopic (exact) mass is 298 g/mol. The van der Waals surface area contributed by atoms with Crippen molar-refractivity contribution in [2.75, 3.05) is 7.11 Å². The fraction of sp³-hybridized carbons (Fsp3) is 0.474. The number of nitrogens with zero attached hydrogens (tertiary/aromatic N) is 2. The molecule has 0 amide bonds. The standard InChI is InChI=1S/C19H26N2O/c1-4-6-10-15(9-5-2)17-11-7-8-12-18(17)19-20-13-16(22-3)14-21-19/h7-8,11-15H,4-6,9-10H2,1-3H3. The third kappa shape index (κ3) is 4.06. The van der Waals surface area contributed by atoms with E-state index in [9.17, 15) is 0 Å². The summed E-state index contributed by atoms with van der Waals surface area (Å²) in [4.78, 5) is 8.93. The van der Waals surface area contributed by atoms with E-state index in [1.165, 1.54) is 37.7 Å². The molecule has 118 valence electrons. The molecule has 0 spiro atoms. The summed E-state index contributed by atoms with van der Waals surface area (Å²) in [7, 11) is 1.63. The molecule has 22 heavy (non-hydrogen) atoms. The van der Waals surface area contributed by atoms with Gasteiger partial charge in [-0.15, -0.1) is 0 Å². The molecule has 2 aromatic rings. The largest absolute Gasteiger partial charge is 0.494 e. The number of hydrogen-bond donors (Lipinski definition) is 0. The Kier molecular flexibility index (Phi) is 6.38. The fourth-order valence-corrected chi connectivity index (χ4v) is 2.87. The predicted molar refractivity (Wildman–Crippen MR) is 91.2 cm³/mol. The summed E-state index contributed by atoms with van der Waals surface area (Å²) < 4.78 is 5.15. The lowest BCUT2D eigenvalue weighted by molar-refractivity contribution is 0.411. The SMILES string of the molecule is CCCCC(CCC)c1ccccc1-c1ncc(OC)cn1. The summed E-state index contributed by atoms with van der Waals surface area (Å²) in [6.45, 7) is 4.51. The lowest BCUT2D eigenvalue weighted by Crippen LogP contribution is -2.03. The highest BCUT2D eigenvalue weighted by molar-refractivity contribution is 5.61. The molecular formula is C19H26N2O. The van der Waals surface area contributed by atoms with Gasteiger partial charge in [0.25, 0.3) is 0 Å². The van der Waals surface area contributed by atoms with E-state index in [0.717, 1.165) is 11.4 Å². The summed E-state index contributed by atoms with van der Waals surface area (Å²) in [5.74, 6) is 2.07. The van der Waals surface area contributed by atoms with Crippen molar-refractivity contribution >= 4 is 0 Å². The number of unbranched alkanes of at least 4 members (excludes halogenated alkanes) is 1. The first-order valence-corrected chi connectivity index (χ1v) is 8.25. The second kappa shape index (κ2) is 8.52. The summed E-state index contributed by atoms with van der Waals surface area (Å²) in [6.07, 6.45) is 9.63. The lowest BCUT2D eigenvalue weighted by atomic mass is 9.86. The molecule has 0 aliphatic rings. The van der Waals surface area contributed by atoms with Crippen molar-refractivity contribution in [3.05, 3.63) is 42.2 Å². The van der Waals surface area contributed by atoms with Crippen LogP contribution < -0.4 is 4.74 Å². The molecule has 1 aromatic carbocycles. The Morgan fingerprint density at radius 3 is 2.36 bits per heavy atom. The molecule has 0 bridgehead atoms. The van der Waals surface area contributed by atoms with Crippen LogP contribution in [0.1, 0.15) is 57.4 Å². The first-order chi connectivity index (χ1) is 10.8. The average molecular weight is 298 g/mol. The maximum Gasteiger partial charge on any atom is 0.159 e. The van der Waals surface area contributed by atoms with Gasteiger partial charge in [-0.3, -0.25) is 0 Å². The van der Waals surface area contributed by atoms with Crippen LogP contribution in [0.15, 0.2) is 36.7 Å². The summed E-state index contributed by atoms with van der Waals surface area (Å²) in [6, 6.07) is 8.55. The van der Waals surface area contributed by atoms with Gasteiger partial charge in [0.1, 0.15) is 0 Å². The zero-order valence-corrected chi connectivity index (χ0v) is 13.9. The zero-order valence-electron chi connectivity index (χ0n) is 13.9. The van der Waals surface area contributed by atoms with Gasteiger partial charge >= 0.3 is 0 Å². The van der Waals surface area contributed by atoms with Gasteiger partial charge in [-0.2, -0.15) is 0 Å². The van der Waals surface area contributed by atoms with Gasteiger partial charge in [0, 0.05) is 5.56 Å². The quantitative estimate of drug-likeness (QED) is 0.669. The van der Waals surface area contributed by atoms with E-state index in [-0.39, 0.29) is 0 Å². The van der Waals surface area contributed by atoms with Gasteiger partial charge in [0.05, 0.1) is 19.5 Å². The molecule has 1 atom stereocenters. The van der Waals surface area contributed by atoms with Crippen molar-refractivity contribution in [2.45, 2.75) is 51.9 Å². The minimum absolute atomic E-state index is 0.590. The molecule has 3 nitrogen and oxygen atoms in total. The van der Waals surface area contributed by atoms with Crippen molar-refractivity contribution in [3.63, 3.8) is 0 Å². The van der Waals surface area contributed by atoms with Gasteiger partial charge in [0.15, 0.2) is 11.6 Å². The van der Waals surface area contributed by atoms with E-state index in [1.807, 2.05) is 0 Å². The Morgan fingerprint density at radius 1 is 1.00 bits per heavy atom. The third-order valence-electron chi connectivity index (χ3n) is 4.05. The van der Waals surface area contributed by atoms with Crippen molar-refractivity contribution in [2.24, 2.45) is 0 Å². The first-order valence-electron chi connectivity index (χ1n) is 8.25. The van der Waals surface area contributed by atoms with Crippen LogP contribution in [0.25, 0.3) is 11.4 Å². The zero-order chi connectivity index (χ0) is 15.8. The van der Waals surface area contributed by atoms with Crippen molar-refractivity contribution in [3.8, 4) is 17.1 Å². The molecule has 0 radical (unpaired) electrons. The minimum Gasteiger partial charge on any atom is -0.494 e. The second-order valence-corrected chi connectivity index (χ2v) is 5.66. The summed E-state index contributed by atoms with van der Waals surface area (Å²) >= 11 is 0. The normalized spacial score (nSPS) is 12.1. The van der Waals surface area contributed by atoms with Gasteiger partial charge in [0.2, 0.25) is 0 Å². The summed E-state index contributed by atoms with van der Waals surface area (Å²) in [5, 5.41) is 0. The fourth-order valence-electron chi connectivity index (χ4n) is 2.87. The Morgan fingerprint density at radius 2 is 1.73 bits per heavy atom. The van der Waals surface area contributed by atoms with E-state index in [4.69, 9.17) is 4.74 Å². The van der Waals surface area contributed by atoms with E-state index >= 15 is 0 Å². The molecule has 3 heteroatoms.